The standard InChI is InChI=1S/C33H39N3O2/c1-6-9-10-13-21-36-24(5)30(26-15-11-12-17-29(26)36)33(31-27(32(37)38-33)16-14-20-34-31)28-19-18-25(22-23(28)4)35(7-2)8-3/h11-12,14-20,22H,6-10,13,21H2,1-5H3. The molecule has 1 aliphatic heterocycles. The normalized spacial score (nSPS) is 16.6. The van der Waals surface area contributed by atoms with E-state index in [1.165, 1.54) is 30.5 Å². The Morgan fingerprint density at radius 3 is 2.47 bits per heavy atom. The van der Waals surface area contributed by atoms with E-state index in [4.69, 9.17) is 9.72 Å². The van der Waals surface area contributed by atoms with Gasteiger partial charge in [-0.25, -0.2) is 4.79 Å². The van der Waals surface area contributed by atoms with Gasteiger partial charge in [-0.3, -0.25) is 4.98 Å². The summed E-state index contributed by atoms with van der Waals surface area (Å²) >= 11 is 0. The first-order valence-corrected chi connectivity index (χ1v) is 14.1. The molecule has 0 saturated carbocycles. The van der Waals surface area contributed by atoms with E-state index in [1.54, 1.807) is 6.20 Å². The number of unbranched alkanes of at least 4 members (excludes halogenated alkanes) is 3. The van der Waals surface area contributed by atoms with Gasteiger partial charge in [-0.1, -0.05) is 50.5 Å². The minimum absolute atomic E-state index is 0.320. The van der Waals surface area contributed by atoms with Gasteiger partial charge in [0.2, 0.25) is 5.60 Å². The number of nitrogens with zero attached hydrogens (tertiary/aromatic N) is 3. The third-order valence-corrected chi connectivity index (χ3v) is 8.14. The summed E-state index contributed by atoms with van der Waals surface area (Å²) in [4.78, 5) is 20.6. The lowest BCUT2D eigenvalue weighted by Crippen LogP contribution is -2.32. The number of ether oxygens (including phenoxy) is 1. The molecule has 0 saturated heterocycles. The summed E-state index contributed by atoms with van der Waals surface area (Å²) < 4.78 is 8.96. The zero-order valence-corrected chi connectivity index (χ0v) is 23.4. The molecule has 0 spiro atoms. The SMILES string of the molecule is CCCCCCn1c(C)c(C2(c3ccc(N(CC)CC)cc3C)OC(=O)c3cccnc32)c2ccccc21. The molecule has 38 heavy (non-hydrogen) atoms. The van der Waals surface area contributed by atoms with Crippen LogP contribution in [0.25, 0.3) is 10.9 Å². The monoisotopic (exact) mass is 509 g/mol. The van der Waals surface area contributed by atoms with E-state index < -0.39 is 5.60 Å². The maximum atomic E-state index is 13.4. The summed E-state index contributed by atoms with van der Waals surface area (Å²) in [6.07, 6.45) is 6.54. The fourth-order valence-corrected chi connectivity index (χ4v) is 6.27. The lowest BCUT2D eigenvalue weighted by atomic mass is 9.79. The summed E-state index contributed by atoms with van der Waals surface area (Å²) in [5, 5.41) is 1.11. The molecule has 5 rings (SSSR count). The number of hydrogen-bond acceptors (Lipinski definition) is 4. The van der Waals surface area contributed by atoms with Crippen molar-refractivity contribution in [2.24, 2.45) is 0 Å². The lowest BCUT2D eigenvalue weighted by Gasteiger charge is -2.32. The van der Waals surface area contributed by atoms with Crippen molar-refractivity contribution in [3.8, 4) is 0 Å². The van der Waals surface area contributed by atoms with Crippen LogP contribution in [-0.2, 0) is 16.9 Å². The number of aromatic nitrogens is 2. The van der Waals surface area contributed by atoms with Crippen LogP contribution in [0.2, 0.25) is 0 Å². The number of carbonyl (C=O) groups is 1. The largest absolute Gasteiger partial charge is 0.439 e. The van der Waals surface area contributed by atoms with Crippen LogP contribution in [0.3, 0.4) is 0 Å². The molecule has 0 bridgehead atoms. The van der Waals surface area contributed by atoms with E-state index in [1.807, 2.05) is 12.1 Å². The number of cyclic esters (lactones) is 1. The number of pyridine rings is 1. The van der Waals surface area contributed by atoms with Gasteiger partial charge in [-0.05, 0) is 70.0 Å². The number of hydrogen-bond donors (Lipinski definition) is 0. The number of benzene rings is 2. The van der Waals surface area contributed by atoms with Crippen molar-refractivity contribution in [2.45, 2.75) is 72.4 Å². The van der Waals surface area contributed by atoms with Crippen LogP contribution in [0.4, 0.5) is 5.69 Å². The molecule has 0 fully saturated rings. The quantitative estimate of drug-likeness (QED) is 0.164. The Labute approximate surface area is 226 Å². The fourth-order valence-electron chi connectivity index (χ4n) is 6.27. The van der Waals surface area contributed by atoms with Crippen LogP contribution >= 0.6 is 0 Å². The van der Waals surface area contributed by atoms with E-state index in [0.29, 0.717) is 11.3 Å². The second-order valence-corrected chi connectivity index (χ2v) is 10.3. The molecule has 2 aromatic carbocycles. The Bertz CT molecular complexity index is 1470. The summed E-state index contributed by atoms with van der Waals surface area (Å²) in [5.41, 5.74) is 6.66. The number of aryl methyl sites for hydroxylation is 2. The molecule has 1 unspecified atom stereocenters. The van der Waals surface area contributed by atoms with Crippen molar-refractivity contribution in [1.29, 1.82) is 0 Å². The van der Waals surface area contributed by atoms with Crippen molar-refractivity contribution in [2.75, 3.05) is 18.0 Å². The second-order valence-electron chi connectivity index (χ2n) is 10.3. The molecule has 5 nitrogen and oxygen atoms in total. The van der Waals surface area contributed by atoms with Gasteiger partial charge < -0.3 is 14.2 Å². The van der Waals surface area contributed by atoms with Gasteiger partial charge in [0.25, 0.3) is 0 Å². The molecule has 1 aliphatic rings. The first kappa shape index (κ1) is 26.0. The number of para-hydroxylation sites is 1. The first-order chi connectivity index (χ1) is 18.5. The zero-order chi connectivity index (χ0) is 26.9. The van der Waals surface area contributed by atoms with E-state index in [2.05, 4.69) is 86.6 Å². The maximum Gasteiger partial charge on any atom is 0.341 e. The van der Waals surface area contributed by atoms with E-state index in [0.717, 1.165) is 53.8 Å². The molecule has 0 radical (unpaired) electrons. The molecule has 3 heterocycles. The number of esters is 1. The molecule has 0 aliphatic carbocycles. The zero-order valence-electron chi connectivity index (χ0n) is 23.4. The molecule has 198 valence electrons. The number of fused-ring (bicyclic) bond motifs is 2. The van der Waals surface area contributed by atoms with Crippen LogP contribution < -0.4 is 4.90 Å². The minimum atomic E-state index is -1.11. The molecule has 2 aromatic heterocycles. The molecular weight excluding hydrogens is 470 g/mol. The van der Waals surface area contributed by atoms with Gasteiger partial charge in [0.05, 0.1) is 5.56 Å². The predicted octanol–water partition coefficient (Wildman–Crippen LogP) is 7.54. The van der Waals surface area contributed by atoms with Crippen molar-refractivity contribution < 1.29 is 9.53 Å². The van der Waals surface area contributed by atoms with Crippen LogP contribution in [-0.4, -0.2) is 28.6 Å². The van der Waals surface area contributed by atoms with Crippen LogP contribution in [0.1, 0.15) is 84.9 Å². The average Bonchev–Trinajstić information content (AvgIpc) is 3.38. The number of rotatable bonds is 10. The van der Waals surface area contributed by atoms with Crippen molar-refractivity contribution >= 4 is 22.6 Å². The van der Waals surface area contributed by atoms with Gasteiger partial charge >= 0.3 is 5.97 Å². The molecule has 0 amide bonds. The highest BCUT2D eigenvalue weighted by Gasteiger charge is 2.53. The minimum Gasteiger partial charge on any atom is -0.439 e. The third-order valence-electron chi connectivity index (χ3n) is 8.14. The molecule has 0 N–H and O–H groups in total. The average molecular weight is 510 g/mol. The van der Waals surface area contributed by atoms with Gasteiger partial charge in [-0.15, -0.1) is 0 Å². The van der Waals surface area contributed by atoms with Crippen molar-refractivity contribution in [3.63, 3.8) is 0 Å². The third kappa shape index (κ3) is 4.09. The fraction of sp³-hybridized carbons (Fsp3) is 0.394. The highest BCUT2D eigenvalue weighted by atomic mass is 16.6. The van der Waals surface area contributed by atoms with Gasteiger partial charge in [0.15, 0.2) is 0 Å². The Kier molecular flexibility index (Phi) is 7.29. The Morgan fingerprint density at radius 2 is 1.74 bits per heavy atom. The Morgan fingerprint density at radius 1 is 0.947 bits per heavy atom. The molecule has 5 heteroatoms. The van der Waals surface area contributed by atoms with Crippen LogP contribution in [0.5, 0.6) is 0 Å². The lowest BCUT2D eigenvalue weighted by molar-refractivity contribution is 0.0244. The first-order valence-electron chi connectivity index (χ1n) is 14.1. The van der Waals surface area contributed by atoms with E-state index >= 15 is 0 Å². The highest BCUT2D eigenvalue weighted by Crippen LogP contribution is 2.51. The highest BCUT2D eigenvalue weighted by molar-refractivity contribution is 5.98. The van der Waals surface area contributed by atoms with E-state index in [-0.39, 0.29) is 5.97 Å². The van der Waals surface area contributed by atoms with Crippen molar-refractivity contribution in [3.05, 3.63) is 94.4 Å². The maximum absolute atomic E-state index is 13.4. The predicted molar refractivity (Wildman–Crippen MR) is 155 cm³/mol. The molecule has 4 aromatic rings. The van der Waals surface area contributed by atoms with Gasteiger partial charge in [0.1, 0.15) is 5.69 Å². The topological polar surface area (TPSA) is 47.4 Å². The van der Waals surface area contributed by atoms with Gasteiger partial charge in [-0.2, -0.15) is 0 Å². The smallest absolute Gasteiger partial charge is 0.341 e. The summed E-state index contributed by atoms with van der Waals surface area (Å²) in [6.45, 7) is 13.7. The summed E-state index contributed by atoms with van der Waals surface area (Å²) in [6, 6.07) is 18.7. The summed E-state index contributed by atoms with van der Waals surface area (Å²) in [5.74, 6) is -0.320. The van der Waals surface area contributed by atoms with Crippen molar-refractivity contribution in [1.82, 2.24) is 9.55 Å². The number of anilines is 1. The van der Waals surface area contributed by atoms with Gasteiger partial charge in [0, 0.05) is 59.2 Å². The second kappa shape index (κ2) is 10.6. The Hall–Kier alpha value is -3.60. The summed E-state index contributed by atoms with van der Waals surface area (Å²) in [7, 11) is 0. The van der Waals surface area contributed by atoms with E-state index in [9.17, 15) is 4.79 Å². The Balaban J connectivity index is 1.78. The van der Waals surface area contributed by atoms with Crippen LogP contribution in [0, 0.1) is 13.8 Å². The molecule has 1 atom stereocenters. The molecular formula is C33H39N3O2. The van der Waals surface area contributed by atoms with Crippen LogP contribution in [0.15, 0.2) is 60.8 Å². The number of carbonyl (C=O) groups excluding carboxylic acids is 1.